The summed E-state index contributed by atoms with van der Waals surface area (Å²) in [6.45, 7) is 11.0. The predicted molar refractivity (Wildman–Crippen MR) is 140 cm³/mol. The molecule has 3 rings (SSSR count). The molecule has 3 aromatic rings. The van der Waals surface area contributed by atoms with Crippen molar-refractivity contribution in [3.63, 3.8) is 0 Å². The molecular formula is C28H31ClFNO5. The van der Waals surface area contributed by atoms with E-state index in [9.17, 15) is 19.1 Å². The van der Waals surface area contributed by atoms with Crippen LogP contribution in [0.4, 0.5) is 4.39 Å². The number of halogens is 2. The first-order chi connectivity index (χ1) is 16.7. The quantitative estimate of drug-likeness (QED) is 0.393. The first kappa shape index (κ1) is 27.3. The largest absolute Gasteiger partial charge is 0.488 e. The van der Waals surface area contributed by atoms with Gasteiger partial charge >= 0.3 is 5.97 Å². The molecule has 0 unspecified atom stereocenters. The Balaban J connectivity index is 2.38. The number of hydrogen-bond acceptors (Lipinski definition) is 4. The molecule has 0 saturated heterocycles. The fourth-order valence-corrected chi connectivity index (χ4v) is 4.29. The molecule has 0 atom stereocenters. The van der Waals surface area contributed by atoms with E-state index in [0.717, 1.165) is 0 Å². The highest BCUT2D eigenvalue weighted by atomic mass is 35.5. The number of carboxylic acid groups (broad SMARTS) is 1. The van der Waals surface area contributed by atoms with Crippen LogP contribution >= 0.6 is 11.6 Å². The van der Waals surface area contributed by atoms with E-state index in [1.165, 1.54) is 23.7 Å². The number of carbonyl (C=O) groups is 1. The van der Waals surface area contributed by atoms with Gasteiger partial charge in [-0.2, -0.15) is 0 Å². The molecule has 0 aliphatic heterocycles. The Labute approximate surface area is 215 Å². The molecule has 0 bridgehead atoms. The van der Waals surface area contributed by atoms with Crippen LogP contribution in [0.5, 0.6) is 11.5 Å². The van der Waals surface area contributed by atoms with Crippen LogP contribution in [-0.4, -0.2) is 27.3 Å². The Morgan fingerprint density at radius 2 is 1.78 bits per heavy atom. The van der Waals surface area contributed by atoms with Crippen LogP contribution < -0.4 is 15.0 Å². The van der Waals surface area contributed by atoms with Gasteiger partial charge in [0.05, 0.1) is 18.1 Å². The lowest BCUT2D eigenvalue weighted by Gasteiger charge is -2.26. The molecule has 0 aliphatic carbocycles. The minimum atomic E-state index is -1.09. The monoisotopic (exact) mass is 515 g/mol. The van der Waals surface area contributed by atoms with Crippen molar-refractivity contribution in [3.05, 3.63) is 68.8 Å². The minimum Gasteiger partial charge on any atom is -0.488 e. The number of aliphatic carboxylic acids is 1. The van der Waals surface area contributed by atoms with Crippen LogP contribution in [0.1, 0.15) is 45.9 Å². The molecule has 0 amide bonds. The van der Waals surface area contributed by atoms with E-state index in [0.29, 0.717) is 38.7 Å². The van der Waals surface area contributed by atoms with Crippen molar-refractivity contribution in [2.75, 3.05) is 0 Å². The summed E-state index contributed by atoms with van der Waals surface area (Å²) in [4.78, 5) is 25.3. The molecule has 1 aromatic heterocycles. The van der Waals surface area contributed by atoms with Crippen molar-refractivity contribution in [1.29, 1.82) is 0 Å². The van der Waals surface area contributed by atoms with Crippen LogP contribution in [0.3, 0.4) is 0 Å². The van der Waals surface area contributed by atoms with Gasteiger partial charge in [0.2, 0.25) is 0 Å². The van der Waals surface area contributed by atoms with Crippen molar-refractivity contribution >= 4 is 17.6 Å². The molecule has 0 radical (unpaired) electrons. The third kappa shape index (κ3) is 5.90. The Morgan fingerprint density at radius 3 is 2.33 bits per heavy atom. The van der Waals surface area contributed by atoms with Gasteiger partial charge in [0.25, 0.3) is 5.56 Å². The third-order valence-corrected chi connectivity index (χ3v) is 5.73. The molecule has 0 spiro atoms. The zero-order chi connectivity index (χ0) is 26.9. The zero-order valence-corrected chi connectivity index (χ0v) is 22.3. The van der Waals surface area contributed by atoms with Crippen LogP contribution in [0.2, 0.25) is 5.02 Å². The maximum atomic E-state index is 14.9. The number of aromatic nitrogens is 1. The lowest BCUT2D eigenvalue weighted by molar-refractivity contribution is -0.136. The summed E-state index contributed by atoms with van der Waals surface area (Å²) in [5.41, 5.74) is 1.53. The van der Waals surface area contributed by atoms with E-state index < -0.39 is 29.4 Å². The highest BCUT2D eigenvalue weighted by molar-refractivity contribution is 6.30. The second kappa shape index (κ2) is 10.3. The van der Waals surface area contributed by atoms with Crippen molar-refractivity contribution in [2.45, 2.75) is 59.7 Å². The first-order valence-electron chi connectivity index (χ1n) is 11.6. The number of benzene rings is 2. The Kier molecular flexibility index (Phi) is 7.84. The lowest BCUT2D eigenvalue weighted by Crippen LogP contribution is -2.27. The van der Waals surface area contributed by atoms with Crippen molar-refractivity contribution < 1.29 is 23.8 Å². The van der Waals surface area contributed by atoms with Gasteiger partial charge in [-0.1, -0.05) is 17.7 Å². The van der Waals surface area contributed by atoms with Gasteiger partial charge in [0.1, 0.15) is 11.4 Å². The average Bonchev–Trinajstić information content (AvgIpc) is 2.73. The molecule has 192 valence electrons. The summed E-state index contributed by atoms with van der Waals surface area (Å²) >= 11 is 6.27. The summed E-state index contributed by atoms with van der Waals surface area (Å²) in [7, 11) is 1.51. The number of rotatable bonds is 7. The normalized spacial score (nSPS) is 11.6. The van der Waals surface area contributed by atoms with Gasteiger partial charge in [-0.15, -0.1) is 0 Å². The highest BCUT2D eigenvalue weighted by Crippen LogP contribution is 2.40. The molecule has 1 heterocycles. The van der Waals surface area contributed by atoms with E-state index in [1.807, 2.05) is 20.8 Å². The average molecular weight is 516 g/mol. The van der Waals surface area contributed by atoms with Crippen molar-refractivity contribution in [1.82, 2.24) is 4.57 Å². The summed E-state index contributed by atoms with van der Waals surface area (Å²) in [6.07, 6.45) is -0.608. The number of carboxylic acids is 1. The van der Waals surface area contributed by atoms with Gasteiger partial charge in [-0.3, -0.25) is 9.59 Å². The molecule has 36 heavy (non-hydrogen) atoms. The Bertz CT molecular complexity index is 1370. The van der Waals surface area contributed by atoms with E-state index in [-0.39, 0.29) is 17.4 Å². The SMILES string of the molecule is Cc1c(-c2ccc(Cl)cc2OC(C)(C)C)c(CC(=O)O)n(C)c(=O)c1-c1ccc(OC(C)C)c(F)c1. The van der Waals surface area contributed by atoms with Crippen LogP contribution in [0, 0.1) is 12.7 Å². The smallest absolute Gasteiger partial charge is 0.309 e. The number of ether oxygens (including phenoxy) is 2. The number of nitrogens with zero attached hydrogens (tertiary/aromatic N) is 1. The van der Waals surface area contributed by atoms with Crippen molar-refractivity contribution in [2.24, 2.45) is 7.05 Å². The Hall–Kier alpha value is -3.32. The molecule has 0 saturated carbocycles. The molecule has 0 fully saturated rings. The first-order valence-corrected chi connectivity index (χ1v) is 12.0. The fourth-order valence-electron chi connectivity index (χ4n) is 4.13. The minimum absolute atomic E-state index is 0.0875. The summed E-state index contributed by atoms with van der Waals surface area (Å²) in [5, 5.41) is 10.1. The number of hydrogen-bond donors (Lipinski definition) is 1. The summed E-state index contributed by atoms with van der Waals surface area (Å²) in [5.74, 6) is -1.15. The van der Waals surface area contributed by atoms with Crippen LogP contribution in [0.15, 0.2) is 41.2 Å². The second-order valence-corrected chi connectivity index (χ2v) is 10.4. The molecular weight excluding hydrogens is 485 g/mol. The standard InChI is InChI=1S/C28H31ClFNO5/c1-15(2)35-22-11-8-17(12-20(22)30)25-16(3)26(21(14-24(32)33)31(7)27(25)34)19-10-9-18(29)13-23(19)36-28(4,5)6/h8-13,15H,14H2,1-7H3,(H,32,33). The zero-order valence-electron chi connectivity index (χ0n) is 21.5. The van der Waals surface area contributed by atoms with Crippen LogP contribution in [-0.2, 0) is 18.3 Å². The Morgan fingerprint density at radius 1 is 1.11 bits per heavy atom. The van der Waals surface area contributed by atoms with Gasteiger partial charge in [-0.25, -0.2) is 4.39 Å². The summed E-state index contributed by atoms with van der Waals surface area (Å²) in [6, 6.07) is 9.46. The molecule has 0 aliphatic rings. The van der Waals surface area contributed by atoms with E-state index in [2.05, 4.69) is 0 Å². The fraction of sp³-hybridized carbons (Fsp3) is 0.357. The van der Waals surface area contributed by atoms with Gasteiger partial charge < -0.3 is 19.1 Å². The van der Waals surface area contributed by atoms with E-state index >= 15 is 0 Å². The molecule has 6 nitrogen and oxygen atoms in total. The predicted octanol–water partition coefficient (Wildman–Crippen LogP) is 6.41. The highest BCUT2D eigenvalue weighted by Gasteiger charge is 2.26. The lowest BCUT2D eigenvalue weighted by atomic mass is 9.90. The molecule has 2 aromatic carbocycles. The molecule has 8 heteroatoms. The third-order valence-electron chi connectivity index (χ3n) is 5.49. The molecule has 1 N–H and O–H groups in total. The van der Waals surface area contributed by atoms with Gasteiger partial charge in [0.15, 0.2) is 11.6 Å². The maximum absolute atomic E-state index is 14.9. The van der Waals surface area contributed by atoms with E-state index in [1.54, 1.807) is 45.0 Å². The van der Waals surface area contributed by atoms with Gasteiger partial charge in [0, 0.05) is 28.9 Å². The summed E-state index contributed by atoms with van der Waals surface area (Å²) < 4.78 is 27.9. The topological polar surface area (TPSA) is 77.8 Å². The van der Waals surface area contributed by atoms with Crippen molar-refractivity contribution in [3.8, 4) is 33.8 Å². The second-order valence-electron chi connectivity index (χ2n) is 9.92. The maximum Gasteiger partial charge on any atom is 0.309 e. The number of pyridine rings is 1. The van der Waals surface area contributed by atoms with Gasteiger partial charge in [-0.05, 0) is 83.0 Å². The van der Waals surface area contributed by atoms with Crippen LogP contribution in [0.25, 0.3) is 22.3 Å². The van der Waals surface area contributed by atoms with E-state index in [4.69, 9.17) is 21.1 Å².